The Morgan fingerprint density at radius 3 is 2.16 bits per heavy atom. The maximum atomic E-state index is 7.33. The van der Waals surface area contributed by atoms with Crippen LogP contribution in [-0.4, -0.2) is 36.6 Å². The number of allylic oxidation sites excluding steroid dienone is 8. The number of ether oxygens (including phenoxy) is 2. The van der Waals surface area contributed by atoms with E-state index >= 15 is 0 Å². The van der Waals surface area contributed by atoms with Crippen molar-refractivity contribution < 1.29 is 14.0 Å². The molecule has 0 bridgehead atoms. The van der Waals surface area contributed by atoms with E-state index in [0.29, 0.717) is 0 Å². The van der Waals surface area contributed by atoms with Gasteiger partial charge in [0.15, 0.2) is 5.71 Å². The van der Waals surface area contributed by atoms with Crippen LogP contribution in [0.25, 0.3) is 0 Å². The predicted molar refractivity (Wildman–Crippen MR) is 206 cm³/mol. The van der Waals surface area contributed by atoms with E-state index in [1.54, 1.807) is 0 Å². The Labute approximate surface area is 304 Å². The van der Waals surface area contributed by atoms with Gasteiger partial charge in [-0.3, -0.25) is 0 Å². The Kier molecular flexibility index (Phi) is 8.53. The zero-order chi connectivity index (χ0) is 33.9. The van der Waals surface area contributed by atoms with Gasteiger partial charge in [-0.15, -0.1) is 0 Å². The fraction of sp³-hybridized carbons (Fsp3) is 0.533. The highest BCUT2D eigenvalue weighted by atomic mass is 35.5. The second kappa shape index (κ2) is 13.1. The minimum Gasteiger partial charge on any atom is -0.493 e. The molecule has 0 atom stereocenters. The largest absolute Gasteiger partial charge is 0.493 e. The molecule has 4 heterocycles. The van der Waals surface area contributed by atoms with E-state index in [1.807, 2.05) is 0 Å². The first-order valence-electron chi connectivity index (χ1n) is 20.1. The molecule has 2 spiro atoms. The summed E-state index contributed by atoms with van der Waals surface area (Å²) in [5.74, 6) is 2.24. The summed E-state index contributed by atoms with van der Waals surface area (Å²) in [5, 5.41) is 0.964. The number of halogens is 1. The second-order valence-corrected chi connectivity index (χ2v) is 16.4. The molecule has 2 saturated carbocycles. The molecule has 262 valence electrons. The van der Waals surface area contributed by atoms with Crippen LogP contribution in [0, 0.1) is 0 Å². The standard InChI is InChI=1S/C45H54ClN2O2/c1-3-5-23-47-37-27-33-17-25-49-39(33)29-35(37)44(19-7-8-20-44)41(47)15-13-31-11-12-32(43(31)46)14-16-42-45(21-9-10-22-45)36-30-40-34(18-26-50-40)28-38(36)48(42)24-6-4-2/h13-16,27-30H,3-12,17-26H2,1-2H3/q+1. The monoisotopic (exact) mass is 689 g/mol. The van der Waals surface area contributed by atoms with Gasteiger partial charge in [0, 0.05) is 70.9 Å². The van der Waals surface area contributed by atoms with Gasteiger partial charge in [0.05, 0.1) is 18.6 Å². The zero-order valence-electron chi connectivity index (χ0n) is 30.3. The summed E-state index contributed by atoms with van der Waals surface area (Å²) in [5.41, 5.74) is 14.4. The summed E-state index contributed by atoms with van der Waals surface area (Å²) in [6.07, 6.45) is 28.6. The second-order valence-electron chi connectivity index (χ2n) is 16.0. The summed E-state index contributed by atoms with van der Waals surface area (Å²) in [6, 6.07) is 9.77. The van der Waals surface area contributed by atoms with E-state index in [4.69, 9.17) is 21.1 Å². The van der Waals surface area contributed by atoms with Crippen molar-refractivity contribution in [2.24, 2.45) is 0 Å². The molecule has 4 aliphatic heterocycles. The Balaban J connectivity index is 1.07. The van der Waals surface area contributed by atoms with E-state index in [1.165, 1.54) is 133 Å². The van der Waals surface area contributed by atoms with Crippen molar-refractivity contribution in [1.82, 2.24) is 0 Å². The van der Waals surface area contributed by atoms with Gasteiger partial charge in [-0.25, -0.2) is 0 Å². The number of benzene rings is 2. The van der Waals surface area contributed by atoms with Crippen LogP contribution in [-0.2, 0) is 23.7 Å². The number of anilines is 1. The molecule has 0 radical (unpaired) electrons. The quantitative estimate of drug-likeness (QED) is 0.245. The van der Waals surface area contributed by atoms with E-state index in [-0.39, 0.29) is 10.8 Å². The van der Waals surface area contributed by atoms with Gasteiger partial charge in [0.2, 0.25) is 5.69 Å². The number of unbranched alkanes of at least 4 members (excludes halogenated alkanes) is 2. The van der Waals surface area contributed by atoms with Gasteiger partial charge < -0.3 is 14.4 Å². The molecule has 2 aromatic rings. The SMILES string of the molecule is CCCCN1/C(=C\C=C2/CCC(/C=C/C3=[N+](CCCC)c4cc5c(cc4C34CCCC4)OCC5)=C2Cl)C2(CCCC2)c2cc3c(cc21)CCO3. The van der Waals surface area contributed by atoms with Crippen LogP contribution in [0.5, 0.6) is 11.5 Å². The Morgan fingerprint density at radius 1 is 0.760 bits per heavy atom. The lowest BCUT2D eigenvalue weighted by Gasteiger charge is -2.30. The molecule has 5 heteroatoms. The average Bonchev–Trinajstić information content (AvgIpc) is 3.99. The molecule has 0 saturated heterocycles. The molecule has 0 N–H and O–H groups in total. The van der Waals surface area contributed by atoms with Gasteiger partial charge in [0.25, 0.3) is 0 Å². The fourth-order valence-electron chi connectivity index (χ4n) is 10.7. The van der Waals surface area contributed by atoms with Crippen molar-refractivity contribution in [3.63, 3.8) is 0 Å². The van der Waals surface area contributed by atoms with E-state index < -0.39 is 0 Å². The molecule has 7 aliphatic rings. The van der Waals surface area contributed by atoms with Gasteiger partial charge in [-0.1, -0.05) is 76.1 Å². The minimum absolute atomic E-state index is 0.0928. The third-order valence-corrected chi connectivity index (χ3v) is 13.8. The van der Waals surface area contributed by atoms with Crippen molar-refractivity contribution in [2.45, 2.75) is 127 Å². The van der Waals surface area contributed by atoms with Crippen molar-refractivity contribution in [1.29, 1.82) is 0 Å². The number of rotatable bonds is 9. The number of hydrogen-bond acceptors (Lipinski definition) is 3. The molecular formula is C45H54ClN2O2+. The molecule has 9 rings (SSSR count). The summed E-state index contributed by atoms with van der Waals surface area (Å²) in [7, 11) is 0. The van der Waals surface area contributed by atoms with Gasteiger partial charge in [-0.2, -0.15) is 4.58 Å². The topological polar surface area (TPSA) is 24.7 Å². The summed E-state index contributed by atoms with van der Waals surface area (Å²) in [4.78, 5) is 2.68. The minimum atomic E-state index is 0.0928. The van der Waals surface area contributed by atoms with Gasteiger partial charge in [0.1, 0.15) is 18.0 Å². The molecule has 4 nitrogen and oxygen atoms in total. The lowest BCUT2D eigenvalue weighted by Crippen LogP contribution is -2.31. The van der Waals surface area contributed by atoms with Crippen LogP contribution in [0.4, 0.5) is 11.4 Å². The highest BCUT2D eigenvalue weighted by Gasteiger charge is 2.53. The summed E-state index contributed by atoms with van der Waals surface area (Å²) >= 11 is 7.33. The Bertz CT molecular complexity index is 1860. The number of nitrogens with zero attached hydrogens (tertiary/aromatic N) is 2. The smallest absolute Gasteiger partial charge is 0.210 e. The van der Waals surface area contributed by atoms with Crippen molar-refractivity contribution in [3.8, 4) is 11.5 Å². The number of hydrogen-bond donors (Lipinski definition) is 0. The van der Waals surface area contributed by atoms with Gasteiger partial charge in [-0.05, 0) is 91.5 Å². The van der Waals surface area contributed by atoms with E-state index in [9.17, 15) is 0 Å². The maximum absolute atomic E-state index is 7.33. The van der Waals surface area contributed by atoms with Crippen molar-refractivity contribution in [2.75, 3.05) is 31.2 Å². The first kappa shape index (κ1) is 32.7. The van der Waals surface area contributed by atoms with Crippen LogP contribution in [0.2, 0.25) is 0 Å². The molecular weight excluding hydrogens is 636 g/mol. The van der Waals surface area contributed by atoms with E-state index in [2.05, 4.69) is 71.9 Å². The zero-order valence-corrected chi connectivity index (χ0v) is 31.1. The highest BCUT2D eigenvalue weighted by molar-refractivity contribution is 6.33. The first-order chi connectivity index (χ1) is 24.6. The van der Waals surface area contributed by atoms with Crippen LogP contribution in [0.3, 0.4) is 0 Å². The molecule has 2 fully saturated rings. The third-order valence-electron chi connectivity index (χ3n) is 13.3. The summed E-state index contributed by atoms with van der Waals surface area (Å²) < 4.78 is 14.9. The lowest BCUT2D eigenvalue weighted by atomic mass is 9.75. The summed E-state index contributed by atoms with van der Waals surface area (Å²) in [6.45, 7) is 8.40. The Hall–Kier alpha value is -3.24. The Morgan fingerprint density at radius 2 is 1.44 bits per heavy atom. The predicted octanol–water partition coefficient (Wildman–Crippen LogP) is 11.1. The molecule has 0 amide bonds. The van der Waals surface area contributed by atoms with E-state index in [0.717, 1.165) is 68.5 Å². The molecule has 0 aromatic heterocycles. The van der Waals surface area contributed by atoms with Crippen LogP contribution in [0.15, 0.2) is 70.4 Å². The normalized spacial score (nSPS) is 24.1. The molecule has 0 unspecified atom stereocenters. The highest BCUT2D eigenvalue weighted by Crippen LogP contribution is 2.58. The molecule has 3 aliphatic carbocycles. The third kappa shape index (κ3) is 5.09. The van der Waals surface area contributed by atoms with Crippen LogP contribution < -0.4 is 14.4 Å². The van der Waals surface area contributed by atoms with Gasteiger partial charge >= 0.3 is 0 Å². The lowest BCUT2D eigenvalue weighted by molar-refractivity contribution is -0.438. The maximum Gasteiger partial charge on any atom is 0.210 e. The molecule has 50 heavy (non-hydrogen) atoms. The average molecular weight is 690 g/mol. The van der Waals surface area contributed by atoms with Crippen molar-refractivity contribution in [3.05, 3.63) is 92.7 Å². The fourth-order valence-corrected chi connectivity index (χ4v) is 11.0. The van der Waals surface area contributed by atoms with Crippen molar-refractivity contribution >= 4 is 28.7 Å². The first-order valence-corrected chi connectivity index (χ1v) is 20.5. The number of fused-ring (bicyclic) bond motifs is 6. The van der Waals surface area contributed by atoms with Crippen LogP contribution >= 0.6 is 11.6 Å². The molecule has 2 aromatic carbocycles. The van der Waals surface area contributed by atoms with Crippen LogP contribution in [0.1, 0.15) is 126 Å².